The summed E-state index contributed by atoms with van der Waals surface area (Å²) in [5.74, 6) is -3.44. The van der Waals surface area contributed by atoms with Crippen LogP contribution in [0.15, 0.2) is 60.7 Å². The molecule has 0 aromatic heterocycles. The number of hydrogen-bond acceptors (Lipinski definition) is 4. The Morgan fingerprint density at radius 3 is 1.71 bits per heavy atom. The lowest BCUT2D eigenvalue weighted by Crippen LogP contribution is -2.69. The summed E-state index contributed by atoms with van der Waals surface area (Å²) in [6, 6.07) is 18.3. The van der Waals surface area contributed by atoms with E-state index in [1.807, 2.05) is 60.7 Å². The van der Waals surface area contributed by atoms with Crippen LogP contribution in [0.5, 0.6) is 0 Å². The van der Waals surface area contributed by atoms with Crippen molar-refractivity contribution in [3.05, 3.63) is 71.8 Å². The minimum atomic E-state index is -5.19. The number of rotatable bonds is 7. The second kappa shape index (κ2) is 12.3. The summed E-state index contributed by atoms with van der Waals surface area (Å²) in [6.45, 7) is 0. The van der Waals surface area contributed by atoms with Crippen LogP contribution in [-0.2, 0) is 27.2 Å². The second-order valence-corrected chi connectivity index (χ2v) is 6.54. The van der Waals surface area contributed by atoms with Gasteiger partial charge in [-0.05, 0) is 11.1 Å². The highest BCUT2D eigenvalue weighted by Crippen LogP contribution is 2.11. The summed E-state index contributed by atoms with van der Waals surface area (Å²) in [4.78, 5) is 33.3. The summed E-state index contributed by atoms with van der Waals surface area (Å²) in [5, 5.41) is 14.2. The quantitative estimate of drug-likeness (QED) is 0.543. The molecule has 0 aliphatic heterocycles. The van der Waals surface area contributed by atoms with Crippen LogP contribution in [0, 0.1) is 0 Å². The molecule has 0 fully saturated rings. The number of carboxylic acid groups (broad SMARTS) is 1. The molecule has 5 N–H and O–H groups in total. The maximum Gasteiger partial charge on any atom is 0.430 e. The molecule has 2 aromatic carbocycles. The van der Waals surface area contributed by atoms with Gasteiger partial charge in [0, 0.05) is 19.9 Å². The van der Waals surface area contributed by atoms with E-state index in [4.69, 9.17) is 9.90 Å². The largest absolute Gasteiger partial charge is 0.542 e. The predicted octanol–water partition coefficient (Wildman–Crippen LogP) is -0.388. The number of carboxylic acids is 1. The Labute approximate surface area is 177 Å². The molecule has 0 aliphatic carbocycles. The molecule has 0 unspecified atom stereocenters. The maximum absolute atomic E-state index is 12.4. The Morgan fingerprint density at radius 1 is 0.903 bits per heavy atom. The van der Waals surface area contributed by atoms with Crippen molar-refractivity contribution in [2.24, 2.45) is 0 Å². The standard InChI is InChI=1S/C19H23N3O2.C2HF3O2/c1-21-19(24)17(13-15-10-6-3-7-11-15)22-18(23)16(20)12-14-8-4-2-5-9-14;3-2(4,5)1(6)7/h2-11,16-17H,12-13,20H2,1H3,(H,21,24)(H,22,23);(H,6,7)/t16-,17-;/m1./s1. The van der Waals surface area contributed by atoms with E-state index in [-0.39, 0.29) is 11.8 Å². The van der Waals surface area contributed by atoms with Gasteiger partial charge in [0.1, 0.15) is 12.0 Å². The van der Waals surface area contributed by atoms with E-state index >= 15 is 0 Å². The number of quaternary nitrogens is 1. The van der Waals surface area contributed by atoms with Crippen LogP contribution in [0.1, 0.15) is 11.1 Å². The van der Waals surface area contributed by atoms with Crippen molar-refractivity contribution >= 4 is 17.8 Å². The number of alkyl halides is 3. The van der Waals surface area contributed by atoms with Crippen LogP contribution >= 0.6 is 0 Å². The molecule has 2 amide bonds. The van der Waals surface area contributed by atoms with Crippen molar-refractivity contribution in [2.45, 2.75) is 31.1 Å². The van der Waals surface area contributed by atoms with Crippen LogP contribution in [-0.4, -0.2) is 43.1 Å². The SMILES string of the molecule is CNC(=O)[C@@H](Cc1ccccc1)NC(=O)[C@H]([NH3+])Cc1ccccc1.O=C([O-])C(F)(F)F. The monoisotopic (exact) mass is 439 g/mol. The van der Waals surface area contributed by atoms with Gasteiger partial charge in [-0.1, -0.05) is 60.7 Å². The zero-order valence-electron chi connectivity index (χ0n) is 16.8. The van der Waals surface area contributed by atoms with Crippen molar-refractivity contribution < 1.29 is 38.4 Å². The first-order chi connectivity index (χ1) is 14.5. The van der Waals surface area contributed by atoms with Crippen LogP contribution in [0.3, 0.4) is 0 Å². The fourth-order valence-electron chi connectivity index (χ4n) is 2.51. The molecule has 0 bridgehead atoms. The molecule has 168 valence electrons. The Bertz CT molecular complexity index is 846. The number of halogens is 3. The first-order valence-electron chi connectivity index (χ1n) is 9.25. The highest BCUT2D eigenvalue weighted by Gasteiger charge is 2.29. The van der Waals surface area contributed by atoms with Gasteiger partial charge in [-0.15, -0.1) is 0 Å². The Hall–Kier alpha value is -3.40. The van der Waals surface area contributed by atoms with E-state index in [9.17, 15) is 22.8 Å². The molecule has 0 heterocycles. The normalized spacial score (nSPS) is 12.5. The molecular formula is C21H24F3N3O4. The molecule has 2 aromatic rings. The molecule has 0 saturated heterocycles. The Morgan fingerprint density at radius 2 is 1.32 bits per heavy atom. The highest BCUT2D eigenvalue weighted by molar-refractivity contribution is 5.89. The summed E-state index contributed by atoms with van der Waals surface area (Å²) in [7, 11) is 1.57. The number of aliphatic carboxylic acids is 1. The third kappa shape index (κ3) is 9.77. The summed E-state index contributed by atoms with van der Waals surface area (Å²) in [5.41, 5.74) is 5.98. The lowest BCUT2D eigenvalue weighted by molar-refractivity contribution is -0.403. The molecule has 31 heavy (non-hydrogen) atoms. The number of nitrogens with one attached hydrogen (secondary N) is 2. The highest BCUT2D eigenvalue weighted by atomic mass is 19.4. The number of likely N-dealkylation sites (N-methyl/N-ethyl adjacent to an activating group) is 1. The van der Waals surface area contributed by atoms with E-state index in [2.05, 4.69) is 16.4 Å². The summed E-state index contributed by atoms with van der Waals surface area (Å²) >= 11 is 0. The first kappa shape index (κ1) is 25.6. The van der Waals surface area contributed by atoms with Gasteiger partial charge in [0.2, 0.25) is 5.91 Å². The van der Waals surface area contributed by atoms with Gasteiger partial charge >= 0.3 is 6.18 Å². The fourth-order valence-corrected chi connectivity index (χ4v) is 2.51. The van der Waals surface area contributed by atoms with E-state index in [1.165, 1.54) is 0 Å². The maximum atomic E-state index is 12.4. The third-order valence-electron chi connectivity index (χ3n) is 4.09. The van der Waals surface area contributed by atoms with Crippen molar-refractivity contribution in [1.29, 1.82) is 0 Å². The molecule has 10 heteroatoms. The molecule has 0 aliphatic rings. The van der Waals surface area contributed by atoms with Crippen LogP contribution in [0.4, 0.5) is 13.2 Å². The fraction of sp³-hybridized carbons (Fsp3) is 0.286. The Balaban J connectivity index is 0.000000592. The number of hydrogen-bond donors (Lipinski definition) is 3. The van der Waals surface area contributed by atoms with Gasteiger partial charge in [0.25, 0.3) is 5.91 Å². The van der Waals surface area contributed by atoms with Crippen molar-refractivity contribution in [3.63, 3.8) is 0 Å². The molecule has 0 saturated carbocycles. The number of benzene rings is 2. The summed E-state index contributed by atoms with van der Waals surface area (Å²) < 4.78 is 31.5. The average molecular weight is 439 g/mol. The minimum Gasteiger partial charge on any atom is -0.542 e. The van der Waals surface area contributed by atoms with Crippen LogP contribution in [0.2, 0.25) is 0 Å². The van der Waals surface area contributed by atoms with Crippen molar-refractivity contribution in [1.82, 2.24) is 10.6 Å². The van der Waals surface area contributed by atoms with E-state index in [0.717, 1.165) is 11.1 Å². The number of carbonyl (C=O) groups excluding carboxylic acids is 3. The molecule has 0 radical (unpaired) electrons. The lowest BCUT2D eigenvalue weighted by atomic mass is 10.0. The first-order valence-corrected chi connectivity index (χ1v) is 9.25. The van der Waals surface area contributed by atoms with Crippen molar-refractivity contribution in [3.8, 4) is 0 Å². The van der Waals surface area contributed by atoms with E-state index in [1.54, 1.807) is 7.05 Å². The van der Waals surface area contributed by atoms with Gasteiger partial charge in [-0.3, -0.25) is 9.59 Å². The van der Waals surface area contributed by atoms with Gasteiger partial charge < -0.3 is 26.3 Å². The van der Waals surface area contributed by atoms with E-state index < -0.39 is 24.2 Å². The zero-order chi connectivity index (χ0) is 23.4. The van der Waals surface area contributed by atoms with Gasteiger partial charge in [0.05, 0.1) is 0 Å². The molecule has 2 rings (SSSR count). The van der Waals surface area contributed by atoms with Crippen LogP contribution in [0.25, 0.3) is 0 Å². The van der Waals surface area contributed by atoms with Gasteiger partial charge in [-0.25, -0.2) is 0 Å². The lowest BCUT2D eigenvalue weighted by Gasteiger charge is -2.19. The molecule has 0 spiro atoms. The molecular weight excluding hydrogens is 415 g/mol. The average Bonchev–Trinajstić information content (AvgIpc) is 2.73. The molecule has 2 atom stereocenters. The van der Waals surface area contributed by atoms with Crippen molar-refractivity contribution in [2.75, 3.05) is 7.05 Å². The topological polar surface area (TPSA) is 126 Å². The number of amides is 2. The smallest absolute Gasteiger partial charge is 0.430 e. The van der Waals surface area contributed by atoms with Crippen LogP contribution < -0.4 is 21.5 Å². The Kier molecular flexibility index (Phi) is 10.2. The van der Waals surface area contributed by atoms with Gasteiger partial charge in [0.15, 0.2) is 6.04 Å². The molecule has 7 nitrogen and oxygen atoms in total. The number of carbonyl (C=O) groups is 3. The third-order valence-corrected chi connectivity index (χ3v) is 4.09. The van der Waals surface area contributed by atoms with Gasteiger partial charge in [-0.2, -0.15) is 13.2 Å². The zero-order valence-corrected chi connectivity index (χ0v) is 16.8. The summed E-state index contributed by atoms with van der Waals surface area (Å²) in [6.07, 6.45) is -4.21. The second-order valence-electron chi connectivity index (χ2n) is 6.54. The predicted molar refractivity (Wildman–Crippen MR) is 104 cm³/mol. The minimum absolute atomic E-state index is 0.209. The van der Waals surface area contributed by atoms with E-state index in [0.29, 0.717) is 12.8 Å².